The zero-order chi connectivity index (χ0) is 17.2. The van der Waals surface area contributed by atoms with Crippen molar-refractivity contribution in [3.8, 4) is 12.1 Å². The molecule has 0 amide bonds. The first-order chi connectivity index (χ1) is 11.8. The molecule has 1 aromatic carbocycles. The van der Waals surface area contributed by atoms with Crippen LogP contribution < -0.4 is 5.32 Å². The number of nitriles is 2. The topological polar surface area (TPSA) is 95.4 Å². The van der Waals surface area contributed by atoms with Crippen LogP contribution >= 0.6 is 0 Å². The van der Waals surface area contributed by atoms with E-state index in [1.165, 1.54) is 5.56 Å². The van der Waals surface area contributed by atoms with E-state index in [1.807, 2.05) is 18.2 Å². The van der Waals surface area contributed by atoms with E-state index in [0.717, 1.165) is 32.5 Å². The smallest absolute Gasteiger partial charge is 0.189 e. The van der Waals surface area contributed by atoms with Gasteiger partial charge >= 0.3 is 0 Å². The molecule has 0 spiro atoms. The maximum atomic E-state index is 9.07. The van der Waals surface area contributed by atoms with Gasteiger partial charge in [0.1, 0.15) is 5.84 Å². The summed E-state index contributed by atoms with van der Waals surface area (Å²) in [4.78, 5) is 6.57. The van der Waals surface area contributed by atoms with Crippen LogP contribution in [0, 0.1) is 28.6 Å². The lowest BCUT2D eigenvalue weighted by Gasteiger charge is -2.33. The molecule has 0 saturated carbocycles. The van der Waals surface area contributed by atoms with Crippen molar-refractivity contribution in [2.75, 3.05) is 26.2 Å². The van der Waals surface area contributed by atoms with Crippen molar-refractivity contribution in [1.29, 1.82) is 10.5 Å². The van der Waals surface area contributed by atoms with Gasteiger partial charge in [-0.2, -0.15) is 10.5 Å². The van der Waals surface area contributed by atoms with Gasteiger partial charge in [0.2, 0.25) is 0 Å². The Morgan fingerprint density at radius 1 is 1.25 bits per heavy atom. The molecule has 1 heterocycles. The van der Waals surface area contributed by atoms with Gasteiger partial charge in [-0.1, -0.05) is 30.3 Å². The van der Waals surface area contributed by atoms with Crippen LogP contribution in [0.4, 0.5) is 0 Å². The molecule has 1 saturated heterocycles. The Balaban J connectivity index is 1.86. The standard InChI is InChI=1S/C18H23N5O/c19-12-16(13-20)18(21-8-11-24)22-17-6-9-23(10-7-17)14-15-4-2-1-3-5-15/h1-5,16-17,24H,6-11,14H2,(H,21,22). The van der Waals surface area contributed by atoms with Gasteiger partial charge in [-0.05, 0) is 18.4 Å². The summed E-state index contributed by atoms with van der Waals surface area (Å²) in [5.41, 5.74) is 1.31. The number of piperidine rings is 1. The van der Waals surface area contributed by atoms with Crippen LogP contribution in [-0.2, 0) is 6.54 Å². The average Bonchev–Trinajstić information content (AvgIpc) is 2.63. The van der Waals surface area contributed by atoms with Gasteiger partial charge < -0.3 is 10.4 Å². The van der Waals surface area contributed by atoms with E-state index in [-0.39, 0.29) is 19.2 Å². The third kappa shape index (κ3) is 5.34. The number of aliphatic hydroxyl groups is 1. The molecule has 0 aromatic heterocycles. The molecule has 0 radical (unpaired) electrons. The number of likely N-dealkylation sites (tertiary alicyclic amines) is 1. The van der Waals surface area contributed by atoms with Gasteiger partial charge in [-0.3, -0.25) is 9.89 Å². The highest BCUT2D eigenvalue weighted by atomic mass is 16.3. The number of hydrogen-bond donors (Lipinski definition) is 2. The lowest BCUT2D eigenvalue weighted by Crippen LogP contribution is -2.46. The van der Waals surface area contributed by atoms with Crippen molar-refractivity contribution >= 4 is 5.84 Å². The van der Waals surface area contributed by atoms with Gasteiger partial charge in [0.05, 0.1) is 25.3 Å². The summed E-state index contributed by atoms with van der Waals surface area (Å²) in [5.74, 6) is -0.519. The maximum absolute atomic E-state index is 9.07. The molecule has 2 rings (SSSR count). The van der Waals surface area contributed by atoms with E-state index in [0.29, 0.717) is 5.84 Å². The molecule has 6 heteroatoms. The van der Waals surface area contributed by atoms with E-state index in [4.69, 9.17) is 15.6 Å². The summed E-state index contributed by atoms with van der Waals surface area (Å²) in [5, 5.41) is 30.3. The van der Waals surface area contributed by atoms with E-state index in [2.05, 4.69) is 39.5 Å². The molecule has 1 aromatic rings. The van der Waals surface area contributed by atoms with Gasteiger partial charge in [0, 0.05) is 25.7 Å². The van der Waals surface area contributed by atoms with Crippen molar-refractivity contribution in [3.05, 3.63) is 35.9 Å². The van der Waals surface area contributed by atoms with E-state index in [1.54, 1.807) is 0 Å². The predicted octanol–water partition coefficient (Wildman–Crippen LogP) is 1.29. The SMILES string of the molecule is N#CC(C#N)C(=NCCO)NC1CCN(Cc2ccccc2)CC1. The molecule has 24 heavy (non-hydrogen) atoms. The summed E-state index contributed by atoms with van der Waals surface area (Å²) in [7, 11) is 0. The molecule has 0 bridgehead atoms. The first kappa shape index (κ1) is 17.9. The average molecular weight is 325 g/mol. The third-order valence-corrected chi connectivity index (χ3v) is 4.10. The summed E-state index contributed by atoms with van der Waals surface area (Å²) in [6, 6.07) is 14.5. The monoisotopic (exact) mass is 325 g/mol. The zero-order valence-corrected chi connectivity index (χ0v) is 13.7. The molecule has 2 N–H and O–H groups in total. The Labute approximate surface area is 143 Å². The number of hydrogen-bond acceptors (Lipinski definition) is 5. The largest absolute Gasteiger partial charge is 0.394 e. The fourth-order valence-corrected chi connectivity index (χ4v) is 2.83. The van der Waals surface area contributed by atoms with Crippen LogP contribution in [0.3, 0.4) is 0 Å². The highest BCUT2D eigenvalue weighted by Gasteiger charge is 2.23. The molecule has 1 aliphatic heterocycles. The Morgan fingerprint density at radius 3 is 2.50 bits per heavy atom. The van der Waals surface area contributed by atoms with Crippen LogP contribution in [0.1, 0.15) is 18.4 Å². The van der Waals surface area contributed by atoms with Gasteiger partial charge in [-0.15, -0.1) is 0 Å². The Kier molecular flexibility index (Phi) is 7.22. The Morgan fingerprint density at radius 2 is 1.92 bits per heavy atom. The minimum atomic E-state index is -0.904. The maximum Gasteiger partial charge on any atom is 0.189 e. The number of nitrogens with zero attached hydrogens (tertiary/aromatic N) is 4. The number of aliphatic hydroxyl groups excluding tert-OH is 1. The van der Waals surface area contributed by atoms with Crippen molar-refractivity contribution in [2.24, 2.45) is 10.9 Å². The van der Waals surface area contributed by atoms with Crippen LogP contribution in [-0.4, -0.2) is 48.1 Å². The van der Waals surface area contributed by atoms with Gasteiger partial charge in [0.15, 0.2) is 5.92 Å². The van der Waals surface area contributed by atoms with Crippen LogP contribution in [0.15, 0.2) is 35.3 Å². The van der Waals surface area contributed by atoms with E-state index >= 15 is 0 Å². The first-order valence-corrected chi connectivity index (χ1v) is 8.24. The van der Waals surface area contributed by atoms with Crippen molar-refractivity contribution in [3.63, 3.8) is 0 Å². The van der Waals surface area contributed by atoms with Crippen molar-refractivity contribution in [1.82, 2.24) is 10.2 Å². The van der Waals surface area contributed by atoms with Crippen LogP contribution in [0.5, 0.6) is 0 Å². The van der Waals surface area contributed by atoms with Gasteiger partial charge in [-0.25, -0.2) is 0 Å². The van der Waals surface area contributed by atoms with Crippen molar-refractivity contribution < 1.29 is 5.11 Å². The fraction of sp³-hybridized carbons (Fsp3) is 0.500. The Hall–Kier alpha value is -2.41. The fourth-order valence-electron chi connectivity index (χ4n) is 2.83. The number of benzene rings is 1. The summed E-state index contributed by atoms with van der Waals surface area (Å²) >= 11 is 0. The first-order valence-electron chi connectivity index (χ1n) is 8.24. The number of aliphatic imine (C=N–C) groups is 1. The van der Waals surface area contributed by atoms with Gasteiger partial charge in [0.25, 0.3) is 0 Å². The van der Waals surface area contributed by atoms with Crippen LogP contribution in [0.2, 0.25) is 0 Å². The molecule has 1 fully saturated rings. The molecule has 0 aliphatic carbocycles. The quantitative estimate of drug-likeness (QED) is 0.607. The lowest BCUT2D eigenvalue weighted by molar-refractivity contribution is 0.198. The van der Waals surface area contributed by atoms with Crippen LogP contribution in [0.25, 0.3) is 0 Å². The molecule has 6 nitrogen and oxygen atoms in total. The molecule has 126 valence electrons. The normalized spacial score (nSPS) is 16.6. The summed E-state index contributed by atoms with van der Waals surface area (Å²) < 4.78 is 0. The molecular formula is C18H23N5O. The number of nitrogens with one attached hydrogen (secondary N) is 1. The second-order valence-corrected chi connectivity index (χ2v) is 5.86. The summed E-state index contributed by atoms with van der Waals surface area (Å²) in [6.07, 6.45) is 1.88. The molecule has 1 aliphatic rings. The summed E-state index contributed by atoms with van der Waals surface area (Å²) in [6.45, 7) is 2.98. The Bertz CT molecular complexity index is 595. The molecule has 0 atom stereocenters. The minimum absolute atomic E-state index is 0.0930. The second-order valence-electron chi connectivity index (χ2n) is 5.86. The zero-order valence-electron chi connectivity index (χ0n) is 13.7. The highest BCUT2D eigenvalue weighted by molar-refractivity contribution is 5.89. The van der Waals surface area contributed by atoms with E-state index < -0.39 is 5.92 Å². The molecular weight excluding hydrogens is 302 g/mol. The van der Waals surface area contributed by atoms with E-state index in [9.17, 15) is 0 Å². The third-order valence-electron chi connectivity index (χ3n) is 4.10. The second kappa shape index (κ2) is 9.67. The number of amidine groups is 1. The minimum Gasteiger partial charge on any atom is -0.394 e. The lowest BCUT2D eigenvalue weighted by atomic mass is 10.0. The number of rotatable bonds is 6. The molecule has 0 unspecified atom stereocenters. The van der Waals surface area contributed by atoms with Crippen molar-refractivity contribution in [2.45, 2.75) is 25.4 Å². The highest BCUT2D eigenvalue weighted by Crippen LogP contribution is 2.14. The predicted molar refractivity (Wildman–Crippen MR) is 92.0 cm³/mol.